The Kier molecular flexibility index (Phi) is 3.93. The van der Waals surface area contributed by atoms with Crippen LogP contribution in [0.15, 0.2) is 21.7 Å². The molecule has 0 aromatic carbocycles. The quantitative estimate of drug-likeness (QED) is 0.850. The summed E-state index contributed by atoms with van der Waals surface area (Å²) in [5.41, 5.74) is 0. The number of hydrogen-bond acceptors (Lipinski definition) is 5. The van der Waals surface area contributed by atoms with E-state index in [1.54, 1.807) is 16.7 Å². The van der Waals surface area contributed by atoms with Crippen LogP contribution in [0.25, 0.3) is 11.6 Å². The predicted octanol–water partition coefficient (Wildman–Crippen LogP) is 2.39. The molecule has 0 spiro atoms. The third kappa shape index (κ3) is 2.68. The zero-order valence-corrected chi connectivity index (χ0v) is 11.0. The minimum atomic E-state index is -0.895. The third-order valence-electron chi connectivity index (χ3n) is 2.15. The summed E-state index contributed by atoms with van der Waals surface area (Å²) in [5, 5.41) is 17.4. The Morgan fingerprint density at radius 2 is 2.33 bits per heavy atom. The molecular weight excluding hydrogens is 278 g/mol. The van der Waals surface area contributed by atoms with Crippen molar-refractivity contribution in [3.8, 4) is 11.6 Å². The second-order valence-corrected chi connectivity index (χ2v) is 4.65. The summed E-state index contributed by atoms with van der Waals surface area (Å²) in [7, 11) is 0. The highest BCUT2D eigenvalue weighted by molar-refractivity contribution is 7.99. The van der Waals surface area contributed by atoms with Gasteiger partial charge in [0.2, 0.25) is 5.82 Å². The van der Waals surface area contributed by atoms with E-state index in [0.717, 1.165) is 11.8 Å². The molecule has 2 aromatic rings. The van der Waals surface area contributed by atoms with E-state index < -0.39 is 5.97 Å². The van der Waals surface area contributed by atoms with Crippen LogP contribution in [-0.4, -0.2) is 31.6 Å². The molecule has 2 aromatic heterocycles. The Morgan fingerprint density at radius 3 is 2.89 bits per heavy atom. The summed E-state index contributed by atoms with van der Waals surface area (Å²) in [6.07, 6.45) is 0. The average molecular weight is 288 g/mol. The number of carboxylic acid groups (broad SMARTS) is 1. The first kappa shape index (κ1) is 13.0. The van der Waals surface area contributed by atoms with E-state index in [1.165, 1.54) is 0 Å². The smallest absolute Gasteiger partial charge is 0.313 e. The second-order valence-electron chi connectivity index (χ2n) is 3.34. The van der Waals surface area contributed by atoms with Gasteiger partial charge in [0.15, 0.2) is 16.1 Å². The highest BCUT2D eigenvalue weighted by Gasteiger charge is 2.16. The van der Waals surface area contributed by atoms with Crippen molar-refractivity contribution >= 4 is 29.3 Å². The number of furan rings is 1. The molecular formula is C10H10ClN3O3S. The summed E-state index contributed by atoms with van der Waals surface area (Å²) in [6, 6.07) is 3.32. The number of nitrogens with zero attached hydrogens (tertiary/aromatic N) is 3. The lowest BCUT2D eigenvalue weighted by molar-refractivity contribution is -0.133. The molecule has 2 rings (SSSR count). The van der Waals surface area contributed by atoms with Gasteiger partial charge in [0, 0.05) is 6.54 Å². The second kappa shape index (κ2) is 5.45. The number of rotatable bonds is 5. The number of halogens is 1. The molecule has 0 aliphatic heterocycles. The van der Waals surface area contributed by atoms with Gasteiger partial charge in [0.05, 0.1) is 5.75 Å². The van der Waals surface area contributed by atoms with Crippen LogP contribution in [-0.2, 0) is 11.3 Å². The Hall–Kier alpha value is -1.47. The van der Waals surface area contributed by atoms with Crippen LogP contribution < -0.4 is 0 Å². The van der Waals surface area contributed by atoms with Crippen molar-refractivity contribution in [3.05, 3.63) is 17.4 Å². The highest BCUT2D eigenvalue weighted by atomic mass is 35.5. The SMILES string of the molecule is CCn1c(SCC(=O)O)nnc1-c1ccc(Cl)o1. The van der Waals surface area contributed by atoms with Gasteiger partial charge in [0.1, 0.15) is 0 Å². The van der Waals surface area contributed by atoms with Crippen LogP contribution in [0, 0.1) is 0 Å². The average Bonchev–Trinajstić information content (AvgIpc) is 2.91. The summed E-state index contributed by atoms with van der Waals surface area (Å²) in [5.74, 6) is 0.0962. The van der Waals surface area contributed by atoms with E-state index in [0.29, 0.717) is 23.3 Å². The molecule has 2 heterocycles. The highest BCUT2D eigenvalue weighted by Crippen LogP contribution is 2.26. The monoisotopic (exact) mass is 287 g/mol. The summed E-state index contributed by atoms with van der Waals surface area (Å²) < 4.78 is 7.05. The van der Waals surface area contributed by atoms with Crippen LogP contribution in [0.1, 0.15) is 6.92 Å². The van der Waals surface area contributed by atoms with Gasteiger partial charge < -0.3 is 9.52 Å². The van der Waals surface area contributed by atoms with Gasteiger partial charge in [-0.25, -0.2) is 0 Å². The van der Waals surface area contributed by atoms with E-state index in [-0.39, 0.29) is 11.0 Å². The maximum absolute atomic E-state index is 10.5. The molecule has 0 saturated carbocycles. The van der Waals surface area contributed by atoms with Gasteiger partial charge in [-0.15, -0.1) is 10.2 Å². The minimum Gasteiger partial charge on any atom is -0.481 e. The van der Waals surface area contributed by atoms with Crippen molar-refractivity contribution in [1.82, 2.24) is 14.8 Å². The van der Waals surface area contributed by atoms with E-state index in [4.69, 9.17) is 21.1 Å². The summed E-state index contributed by atoms with van der Waals surface area (Å²) in [4.78, 5) is 10.5. The maximum atomic E-state index is 10.5. The van der Waals surface area contributed by atoms with Crippen LogP contribution in [0.5, 0.6) is 0 Å². The molecule has 0 amide bonds. The first-order valence-corrected chi connectivity index (χ1v) is 6.51. The van der Waals surface area contributed by atoms with E-state index in [2.05, 4.69) is 10.2 Å². The van der Waals surface area contributed by atoms with Gasteiger partial charge >= 0.3 is 5.97 Å². The van der Waals surface area contributed by atoms with Crippen molar-refractivity contribution in [2.24, 2.45) is 0 Å². The Morgan fingerprint density at radius 1 is 1.56 bits per heavy atom. The molecule has 6 nitrogen and oxygen atoms in total. The molecule has 8 heteroatoms. The first-order valence-electron chi connectivity index (χ1n) is 5.15. The lowest BCUT2D eigenvalue weighted by Gasteiger charge is -2.04. The molecule has 96 valence electrons. The third-order valence-corrected chi connectivity index (χ3v) is 3.31. The van der Waals surface area contributed by atoms with Crippen LogP contribution in [0.4, 0.5) is 0 Å². The molecule has 0 aliphatic rings. The zero-order valence-electron chi connectivity index (χ0n) is 9.46. The maximum Gasteiger partial charge on any atom is 0.313 e. The lowest BCUT2D eigenvalue weighted by Crippen LogP contribution is -2.03. The number of carbonyl (C=O) groups is 1. The van der Waals surface area contributed by atoms with Crippen LogP contribution in [0.3, 0.4) is 0 Å². The van der Waals surface area contributed by atoms with Crippen molar-refractivity contribution < 1.29 is 14.3 Å². The number of hydrogen-bond donors (Lipinski definition) is 1. The van der Waals surface area contributed by atoms with Crippen molar-refractivity contribution in [2.45, 2.75) is 18.6 Å². The minimum absolute atomic E-state index is 0.0585. The topological polar surface area (TPSA) is 81.2 Å². The van der Waals surface area contributed by atoms with Crippen LogP contribution in [0.2, 0.25) is 5.22 Å². The first-order chi connectivity index (χ1) is 8.61. The molecule has 0 unspecified atom stereocenters. The van der Waals surface area contributed by atoms with Crippen molar-refractivity contribution in [1.29, 1.82) is 0 Å². The molecule has 0 radical (unpaired) electrons. The van der Waals surface area contributed by atoms with Gasteiger partial charge in [-0.2, -0.15) is 0 Å². The molecule has 1 N–H and O–H groups in total. The number of carboxylic acids is 1. The molecule has 0 fully saturated rings. The van der Waals surface area contributed by atoms with Gasteiger partial charge in [-0.3, -0.25) is 9.36 Å². The van der Waals surface area contributed by atoms with Gasteiger partial charge in [-0.05, 0) is 30.7 Å². The Labute approximate surface area is 112 Å². The van der Waals surface area contributed by atoms with E-state index in [1.807, 2.05) is 6.92 Å². The van der Waals surface area contributed by atoms with Crippen LogP contribution >= 0.6 is 23.4 Å². The largest absolute Gasteiger partial charge is 0.481 e. The standard InChI is InChI=1S/C10H10ClN3O3S/c1-2-14-9(6-3-4-7(11)17-6)12-13-10(14)18-5-8(15)16/h3-4H,2,5H2,1H3,(H,15,16). The molecule has 0 bridgehead atoms. The van der Waals surface area contributed by atoms with E-state index >= 15 is 0 Å². The fourth-order valence-electron chi connectivity index (χ4n) is 1.42. The fraction of sp³-hybridized carbons (Fsp3) is 0.300. The zero-order chi connectivity index (χ0) is 13.1. The normalized spacial score (nSPS) is 10.8. The number of thioether (sulfide) groups is 1. The lowest BCUT2D eigenvalue weighted by atomic mass is 10.4. The molecule has 0 atom stereocenters. The number of aromatic nitrogens is 3. The van der Waals surface area contributed by atoms with Gasteiger partial charge in [0.25, 0.3) is 0 Å². The molecule has 0 saturated heterocycles. The van der Waals surface area contributed by atoms with Crippen molar-refractivity contribution in [3.63, 3.8) is 0 Å². The summed E-state index contributed by atoms with van der Waals surface area (Å²) >= 11 is 6.83. The van der Waals surface area contributed by atoms with E-state index in [9.17, 15) is 4.79 Å². The Bertz CT molecular complexity index is 566. The summed E-state index contributed by atoms with van der Waals surface area (Å²) in [6.45, 7) is 2.53. The molecule has 0 aliphatic carbocycles. The Balaban J connectivity index is 2.29. The predicted molar refractivity (Wildman–Crippen MR) is 66.8 cm³/mol. The van der Waals surface area contributed by atoms with Gasteiger partial charge in [-0.1, -0.05) is 11.8 Å². The van der Waals surface area contributed by atoms with Crippen molar-refractivity contribution in [2.75, 3.05) is 5.75 Å². The molecule has 18 heavy (non-hydrogen) atoms. The fourth-order valence-corrected chi connectivity index (χ4v) is 2.29. The number of aliphatic carboxylic acids is 1.